The van der Waals surface area contributed by atoms with E-state index in [9.17, 15) is 14.7 Å². The molecule has 1 aliphatic heterocycles. The first-order valence-electron chi connectivity index (χ1n) is 7.92. The van der Waals surface area contributed by atoms with Gasteiger partial charge in [0, 0.05) is 11.6 Å². The fourth-order valence-electron chi connectivity index (χ4n) is 2.70. The van der Waals surface area contributed by atoms with Gasteiger partial charge in [0.15, 0.2) is 15.8 Å². The van der Waals surface area contributed by atoms with Gasteiger partial charge in [-0.3, -0.25) is 9.69 Å². The number of methoxy groups -OCH3 is 2. The number of anilines is 1. The predicted octanol–water partition coefficient (Wildman–Crippen LogP) is 3.51. The van der Waals surface area contributed by atoms with Crippen LogP contribution in [0.25, 0.3) is 6.08 Å². The van der Waals surface area contributed by atoms with Gasteiger partial charge in [-0.05, 0) is 24.3 Å². The first-order valence-corrected chi connectivity index (χ1v) is 9.15. The van der Waals surface area contributed by atoms with Crippen molar-refractivity contribution in [2.24, 2.45) is 0 Å². The Morgan fingerprint density at radius 2 is 1.96 bits per heavy atom. The lowest BCUT2D eigenvalue weighted by atomic mass is 10.1. The zero-order valence-corrected chi connectivity index (χ0v) is 16.5. The maximum atomic E-state index is 12.9. The van der Waals surface area contributed by atoms with Crippen molar-refractivity contribution in [1.29, 1.82) is 0 Å². The van der Waals surface area contributed by atoms with E-state index in [1.54, 1.807) is 24.3 Å². The van der Waals surface area contributed by atoms with E-state index in [1.165, 1.54) is 37.3 Å². The second-order valence-corrected chi connectivity index (χ2v) is 7.28. The fraction of sp³-hybridized carbons (Fsp3) is 0.105. The summed E-state index contributed by atoms with van der Waals surface area (Å²) in [5.41, 5.74) is 0.670. The van der Waals surface area contributed by atoms with Gasteiger partial charge in [0.05, 0.1) is 24.8 Å². The number of carbonyl (C=O) groups is 2. The molecule has 0 spiro atoms. The van der Waals surface area contributed by atoms with E-state index < -0.39 is 11.7 Å². The fourth-order valence-corrected chi connectivity index (χ4v) is 3.99. The van der Waals surface area contributed by atoms with E-state index in [2.05, 4.69) is 0 Å². The lowest BCUT2D eigenvalue weighted by Crippen LogP contribution is -2.27. The van der Waals surface area contributed by atoms with Gasteiger partial charge >= 0.3 is 5.97 Å². The van der Waals surface area contributed by atoms with Gasteiger partial charge in [-0.15, -0.1) is 0 Å². The molecule has 1 fully saturated rings. The number of hydrogen-bond donors (Lipinski definition) is 2. The van der Waals surface area contributed by atoms with Crippen LogP contribution < -0.4 is 14.4 Å². The first-order chi connectivity index (χ1) is 13.4. The molecular formula is C19H15NO6S2. The summed E-state index contributed by atoms with van der Waals surface area (Å²) < 4.78 is 10.9. The molecule has 0 saturated carbocycles. The quantitative estimate of drug-likeness (QED) is 0.564. The Morgan fingerprint density at radius 3 is 2.57 bits per heavy atom. The number of carbonyl (C=O) groups excluding carboxylic acids is 1. The third-order valence-corrected chi connectivity index (χ3v) is 5.29. The van der Waals surface area contributed by atoms with Crippen LogP contribution in [0.4, 0.5) is 5.69 Å². The minimum atomic E-state index is -1.26. The molecular weight excluding hydrogens is 402 g/mol. The van der Waals surface area contributed by atoms with Crippen LogP contribution >= 0.6 is 24.0 Å². The molecule has 28 heavy (non-hydrogen) atoms. The zero-order valence-electron chi connectivity index (χ0n) is 14.8. The standard InChI is InChI=1S/C19H15NO6S2/c1-25-14-5-3-4-10(16(14)26-2)8-15-17(22)20(19(27)28-15)11-6-7-12(18(23)24)13(21)9-11/h3-9,21H,1-2H3,(H,23,24)/b15-8+. The van der Waals surface area contributed by atoms with Crippen molar-refractivity contribution in [2.75, 3.05) is 19.1 Å². The van der Waals surface area contributed by atoms with E-state index in [4.69, 9.17) is 26.8 Å². The number of rotatable bonds is 5. The van der Waals surface area contributed by atoms with Crippen LogP contribution in [0.2, 0.25) is 0 Å². The number of amides is 1. The number of benzene rings is 2. The van der Waals surface area contributed by atoms with Crippen molar-refractivity contribution in [3.05, 3.63) is 52.4 Å². The van der Waals surface area contributed by atoms with E-state index in [-0.39, 0.29) is 21.5 Å². The molecule has 0 aromatic heterocycles. The largest absolute Gasteiger partial charge is 0.507 e. The number of carboxylic acid groups (broad SMARTS) is 1. The van der Waals surface area contributed by atoms with Crippen LogP contribution in [0.3, 0.4) is 0 Å². The van der Waals surface area contributed by atoms with E-state index in [0.29, 0.717) is 22.0 Å². The third kappa shape index (κ3) is 3.54. The first kappa shape index (κ1) is 19.7. The van der Waals surface area contributed by atoms with Gasteiger partial charge in [-0.1, -0.05) is 36.1 Å². The van der Waals surface area contributed by atoms with Crippen LogP contribution in [0.1, 0.15) is 15.9 Å². The summed E-state index contributed by atoms with van der Waals surface area (Å²) in [7, 11) is 3.03. The summed E-state index contributed by atoms with van der Waals surface area (Å²) in [6.45, 7) is 0. The molecule has 3 rings (SSSR count). The number of para-hydroxylation sites is 1. The van der Waals surface area contributed by atoms with Crippen LogP contribution in [-0.2, 0) is 4.79 Å². The molecule has 1 aliphatic rings. The molecule has 0 aliphatic carbocycles. The Kier molecular flexibility index (Phi) is 5.57. The highest BCUT2D eigenvalue weighted by Gasteiger charge is 2.34. The lowest BCUT2D eigenvalue weighted by Gasteiger charge is -2.15. The van der Waals surface area contributed by atoms with Gasteiger partial charge < -0.3 is 19.7 Å². The lowest BCUT2D eigenvalue weighted by molar-refractivity contribution is -0.113. The number of phenols is 1. The highest BCUT2D eigenvalue weighted by Crippen LogP contribution is 2.40. The molecule has 2 aromatic rings. The summed E-state index contributed by atoms with van der Waals surface area (Å²) in [6.07, 6.45) is 1.64. The summed E-state index contributed by atoms with van der Waals surface area (Å²) in [4.78, 5) is 25.5. The molecule has 0 unspecified atom stereocenters. The van der Waals surface area contributed by atoms with Crippen molar-refractivity contribution in [1.82, 2.24) is 0 Å². The van der Waals surface area contributed by atoms with Crippen LogP contribution in [-0.4, -0.2) is 40.6 Å². The van der Waals surface area contributed by atoms with Crippen molar-refractivity contribution in [2.45, 2.75) is 0 Å². The summed E-state index contributed by atoms with van der Waals surface area (Å²) in [5.74, 6) is -1.08. The molecule has 0 bridgehead atoms. The highest BCUT2D eigenvalue weighted by molar-refractivity contribution is 8.27. The van der Waals surface area contributed by atoms with Crippen molar-refractivity contribution >= 4 is 51.9 Å². The highest BCUT2D eigenvalue weighted by atomic mass is 32.2. The normalized spacial score (nSPS) is 15.2. The molecule has 2 aromatic carbocycles. The minimum absolute atomic E-state index is 0.258. The Morgan fingerprint density at radius 1 is 1.21 bits per heavy atom. The second-order valence-electron chi connectivity index (χ2n) is 5.61. The van der Waals surface area contributed by atoms with Crippen molar-refractivity contribution in [3.8, 4) is 17.2 Å². The SMILES string of the molecule is COc1cccc(/C=C2/SC(=S)N(c3ccc(C(=O)O)c(O)c3)C2=O)c1OC. The Labute approximate surface area is 170 Å². The van der Waals surface area contributed by atoms with Gasteiger partial charge in [-0.25, -0.2) is 4.79 Å². The maximum Gasteiger partial charge on any atom is 0.339 e. The van der Waals surface area contributed by atoms with Gasteiger partial charge in [0.25, 0.3) is 5.91 Å². The Bertz CT molecular complexity index is 1020. The predicted molar refractivity (Wildman–Crippen MR) is 110 cm³/mol. The van der Waals surface area contributed by atoms with E-state index >= 15 is 0 Å². The monoisotopic (exact) mass is 417 g/mol. The molecule has 144 valence electrons. The molecule has 1 heterocycles. The van der Waals surface area contributed by atoms with Crippen LogP contribution in [0.15, 0.2) is 41.3 Å². The number of aromatic carboxylic acids is 1. The van der Waals surface area contributed by atoms with Gasteiger partial charge in [0.2, 0.25) is 0 Å². The molecule has 1 amide bonds. The van der Waals surface area contributed by atoms with E-state index in [1.807, 2.05) is 0 Å². The number of nitrogens with zero attached hydrogens (tertiary/aromatic N) is 1. The number of hydrogen-bond acceptors (Lipinski definition) is 7. The summed E-state index contributed by atoms with van der Waals surface area (Å²) in [5, 5.41) is 18.9. The van der Waals surface area contributed by atoms with Crippen LogP contribution in [0.5, 0.6) is 17.2 Å². The smallest absolute Gasteiger partial charge is 0.339 e. The topological polar surface area (TPSA) is 96.3 Å². The summed E-state index contributed by atoms with van der Waals surface area (Å²) >= 11 is 6.40. The average molecular weight is 417 g/mol. The number of aromatic hydroxyl groups is 1. The van der Waals surface area contributed by atoms with Crippen molar-refractivity contribution < 1.29 is 29.3 Å². The Balaban J connectivity index is 1.98. The number of ether oxygens (including phenoxy) is 2. The minimum Gasteiger partial charge on any atom is -0.507 e. The zero-order chi connectivity index (χ0) is 20.4. The third-order valence-electron chi connectivity index (χ3n) is 3.98. The molecule has 1 saturated heterocycles. The maximum absolute atomic E-state index is 12.9. The number of thiocarbonyl (C=S) groups is 1. The molecule has 9 heteroatoms. The van der Waals surface area contributed by atoms with E-state index in [0.717, 1.165) is 11.8 Å². The Hall–Kier alpha value is -3.04. The molecule has 2 N–H and O–H groups in total. The number of thioether (sulfide) groups is 1. The molecule has 0 atom stereocenters. The summed E-state index contributed by atoms with van der Waals surface area (Å²) in [6, 6.07) is 9.14. The van der Waals surface area contributed by atoms with Crippen molar-refractivity contribution in [3.63, 3.8) is 0 Å². The van der Waals surface area contributed by atoms with Crippen LogP contribution in [0, 0.1) is 0 Å². The molecule has 7 nitrogen and oxygen atoms in total. The average Bonchev–Trinajstić information content (AvgIpc) is 2.94. The van der Waals surface area contributed by atoms with Gasteiger partial charge in [0.1, 0.15) is 11.3 Å². The van der Waals surface area contributed by atoms with Gasteiger partial charge in [-0.2, -0.15) is 0 Å². The second kappa shape index (κ2) is 7.91. The molecule has 0 radical (unpaired) electrons. The number of carboxylic acids is 1.